The molecule has 1 atom stereocenters. The third kappa shape index (κ3) is 3.08. The normalized spacial score (nSPS) is 16.4. The fourth-order valence-corrected chi connectivity index (χ4v) is 3.44. The number of carbonyl (C=O) groups is 2. The van der Waals surface area contributed by atoms with E-state index in [9.17, 15) is 14.0 Å². The summed E-state index contributed by atoms with van der Waals surface area (Å²) in [5.74, 6) is -1.65. The molecular formula is C17H13FN4O2S. The molecule has 0 saturated heterocycles. The number of hydrogen-bond donors (Lipinski definition) is 2. The summed E-state index contributed by atoms with van der Waals surface area (Å²) in [6, 6.07) is 9.67. The second-order valence-electron chi connectivity index (χ2n) is 5.84. The topological polar surface area (TPSA) is 84.0 Å². The van der Waals surface area contributed by atoms with Gasteiger partial charge < -0.3 is 10.6 Å². The number of halogens is 1. The minimum atomic E-state index is -0.631. The van der Waals surface area contributed by atoms with Gasteiger partial charge in [0.25, 0.3) is 0 Å². The van der Waals surface area contributed by atoms with E-state index in [-0.39, 0.29) is 18.2 Å². The number of nitrogens with zero attached hydrogens (tertiary/aromatic N) is 2. The molecule has 4 rings (SSSR count). The molecule has 0 bridgehead atoms. The molecule has 126 valence electrons. The molecule has 25 heavy (non-hydrogen) atoms. The van der Waals surface area contributed by atoms with Crippen LogP contribution in [0.2, 0.25) is 0 Å². The Morgan fingerprint density at radius 1 is 1.24 bits per heavy atom. The Kier molecular flexibility index (Phi) is 3.89. The van der Waals surface area contributed by atoms with Crippen molar-refractivity contribution in [3.05, 3.63) is 53.3 Å². The van der Waals surface area contributed by atoms with Crippen molar-refractivity contribution in [2.75, 3.05) is 5.32 Å². The van der Waals surface area contributed by atoms with Crippen LogP contribution in [0, 0.1) is 5.82 Å². The molecule has 1 aromatic heterocycles. The average molecular weight is 356 g/mol. The molecule has 1 aliphatic rings. The van der Waals surface area contributed by atoms with Crippen molar-refractivity contribution in [3.63, 3.8) is 0 Å². The van der Waals surface area contributed by atoms with Crippen molar-refractivity contribution in [2.45, 2.75) is 18.9 Å². The van der Waals surface area contributed by atoms with Crippen LogP contribution in [0.1, 0.15) is 23.5 Å². The van der Waals surface area contributed by atoms with Gasteiger partial charge in [-0.15, -0.1) is 0 Å². The first kappa shape index (κ1) is 15.6. The molecule has 0 saturated carbocycles. The summed E-state index contributed by atoms with van der Waals surface area (Å²) < 4.78 is 21.7. The number of aromatic nitrogens is 2. The number of rotatable bonds is 3. The Bertz CT molecular complexity index is 988. The van der Waals surface area contributed by atoms with Crippen molar-refractivity contribution in [2.24, 2.45) is 0 Å². The van der Waals surface area contributed by atoms with E-state index >= 15 is 0 Å². The summed E-state index contributed by atoms with van der Waals surface area (Å²) in [7, 11) is 0. The van der Waals surface area contributed by atoms with Gasteiger partial charge in [0, 0.05) is 18.7 Å². The van der Waals surface area contributed by atoms with Crippen LogP contribution in [-0.2, 0) is 16.1 Å². The largest absolute Gasteiger partial charge is 0.351 e. The maximum absolute atomic E-state index is 13.4. The third-order valence-corrected chi connectivity index (χ3v) is 4.71. The zero-order valence-electron chi connectivity index (χ0n) is 13.0. The van der Waals surface area contributed by atoms with Crippen LogP contribution >= 0.6 is 11.7 Å². The summed E-state index contributed by atoms with van der Waals surface area (Å²) in [5, 5.41) is 5.45. The lowest BCUT2D eigenvalue weighted by molar-refractivity contribution is -0.126. The van der Waals surface area contributed by atoms with E-state index in [4.69, 9.17) is 0 Å². The average Bonchev–Trinajstić information content (AvgIpc) is 3.06. The Hall–Kier alpha value is -2.87. The molecule has 6 nitrogen and oxygen atoms in total. The second kappa shape index (κ2) is 6.21. The number of anilines is 1. The van der Waals surface area contributed by atoms with E-state index in [0.29, 0.717) is 17.8 Å². The first-order valence-corrected chi connectivity index (χ1v) is 8.41. The molecular weight excluding hydrogens is 343 g/mol. The van der Waals surface area contributed by atoms with Gasteiger partial charge in [-0.25, -0.2) is 4.39 Å². The standard InChI is InChI=1S/C17H13FN4O2S/c18-10-2-3-11-12(7-16(23)20-14(11)6-10)17(24)19-8-9-1-4-13-15(5-9)22-25-21-13/h1-6,12H,7-8H2,(H,19,24)(H,20,23). The number of nitrogens with one attached hydrogen (secondary N) is 2. The van der Waals surface area contributed by atoms with E-state index in [1.54, 1.807) is 6.07 Å². The van der Waals surface area contributed by atoms with Crippen LogP contribution in [0.15, 0.2) is 36.4 Å². The molecule has 1 unspecified atom stereocenters. The number of benzene rings is 2. The van der Waals surface area contributed by atoms with Gasteiger partial charge in [-0.05, 0) is 35.4 Å². The Balaban J connectivity index is 1.52. The predicted octanol–water partition coefficient (Wildman–Crippen LogP) is 2.57. The van der Waals surface area contributed by atoms with Crippen LogP contribution in [0.25, 0.3) is 11.0 Å². The Morgan fingerprint density at radius 3 is 2.96 bits per heavy atom. The van der Waals surface area contributed by atoms with Gasteiger partial charge in [0.2, 0.25) is 11.8 Å². The molecule has 2 aromatic carbocycles. The quantitative estimate of drug-likeness (QED) is 0.755. The van der Waals surface area contributed by atoms with Crippen molar-refractivity contribution in [1.82, 2.24) is 14.1 Å². The van der Waals surface area contributed by atoms with Crippen LogP contribution in [-0.4, -0.2) is 20.6 Å². The highest BCUT2D eigenvalue weighted by atomic mass is 32.1. The van der Waals surface area contributed by atoms with E-state index < -0.39 is 11.7 Å². The molecule has 0 fully saturated rings. The van der Waals surface area contributed by atoms with Gasteiger partial charge in [-0.2, -0.15) is 8.75 Å². The van der Waals surface area contributed by atoms with Crippen LogP contribution in [0.4, 0.5) is 10.1 Å². The first-order valence-electron chi connectivity index (χ1n) is 7.68. The van der Waals surface area contributed by atoms with Crippen molar-refractivity contribution in [3.8, 4) is 0 Å². The minimum Gasteiger partial charge on any atom is -0.351 e. The number of fused-ring (bicyclic) bond motifs is 2. The molecule has 2 amide bonds. The summed E-state index contributed by atoms with van der Waals surface area (Å²) in [6.45, 7) is 0.320. The van der Waals surface area contributed by atoms with Crippen LogP contribution in [0.5, 0.6) is 0 Å². The number of carbonyl (C=O) groups excluding carboxylic acids is 2. The molecule has 0 aliphatic carbocycles. The van der Waals surface area contributed by atoms with Gasteiger partial charge in [-0.1, -0.05) is 12.1 Å². The maximum atomic E-state index is 13.4. The van der Waals surface area contributed by atoms with Gasteiger partial charge >= 0.3 is 0 Å². The zero-order chi connectivity index (χ0) is 17.4. The van der Waals surface area contributed by atoms with Crippen LogP contribution < -0.4 is 10.6 Å². The van der Waals surface area contributed by atoms with Crippen molar-refractivity contribution >= 4 is 40.3 Å². The highest BCUT2D eigenvalue weighted by Crippen LogP contribution is 2.32. The van der Waals surface area contributed by atoms with Gasteiger partial charge in [0.05, 0.1) is 17.6 Å². The van der Waals surface area contributed by atoms with E-state index in [1.165, 1.54) is 12.1 Å². The third-order valence-electron chi connectivity index (χ3n) is 4.16. The molecule has 1 aliphatic heterocycles. The maximum Gasteiger partial charge on any atom is 0.228 e. The Labute approximate surface area is 146 Å². The summed E-state index contributed by atoms with van der Waals surface area (Å²) in [6.07, 6.45) is 0.0412. The molecule has 2 heterocycles. The van der Waals surface area contributed by atoms with Crippen molar-refractivity contribution in [1.29, 1.82) is 0 Å². The van der Waals surface area contributed by atoms with Gasteiger partial charge in [-0.3, -0.25) is 9.59 Å². The van der Waals surface area contributed by atoms with Crippen LogP contribution in [0.3, 0.4) is 0 Å². The van der Waals surface area contributed by atoms with E-state index in [2.05, 4.69) is 19.4 Å². The first-order chi connectivity index (χ1) is 12.1. The number of hydrogen-bond acceptors (Lipinski definition) is 5. The lowest BCUT2D eigenvalue weighted by Gasteiger charge is -2.24. The van der Waals surface area contributed by atoms with Crippen molar-refractivity contribution < 1.29 is 14.0 Å². The fourth-order valence-electron chi connectivity index (χ4n) is 2.92. The highest BCUT2D eigenvalue weighted by Gasteiger charge is 2.30. The predicted molar refractivity (Wildman–Crippen MR) is 91.6 cm³/mol. The van der Waals surface area contributed by atoms with E-state index in [0.717, 1.165) is 28.3 Å². The monoisotopic (exact) mass is 356 g/mol. The van der Waals surface area contributed by atoms with E-state index in [1.807, 2.05) is 18.2 Å². The fraction of sp³-hybridized carbons (Fsp3) is 0.176. The Morgan fingerprint density at radius 2 is 2.08 bits per heavy atom. The van der Waals surface area contributed by atoms with Gasteiger partial charge in [0.15, 0.2) is 0 Å². The molecule has 8 heteroatoms. The SMILES string of the molecule is O=C1CC(C(=O)NCc2ccc3nsnc3c2)c2ccc(F)cc2N1. The number of amides is 2. The smallest absolute Gasteiger partial charge is 0.228 e. The summed E-state index contributed by atoms with van der Waals surface area (Å²) >= 11 is 1.14. The summed E-state index contributed by atoms with van der Waals surface area (Å²) in [5.41, 5.74) is 3.48. The molecule has 2 N–H and O–H groups in total. The lowest BCUT2D eigenvalue weighted by Crippen LogP contribution is -2.34. The second-order valence-corrected chi connectivity index (χ2v) is 6.37. The molecule has 0 radical (unpaired) electrons. The van der Waals surface area contributed by atoms with Gasteiger partial charge in [0.1, 0.15) is 16.9 Å². The highest BCUT2D eigenvalue weighted by molar-refractivity contribution is 7.00. The molecule has 3 aromatic rings. The summed E-state index contributed by atoms with van der Waals surface area (Å²) in [4.78, 5) is 24.4. The zero-order valence-corrected chi connectivity index (χ0v) is 13.8. The lowest BCUT2D eigenvalue weighted by atomic mass is 9.89. The molecule has 0 spiro atoms. The minimum absolute atomic E-state index is 0.0412.